The van der Waals surface area contributed by atoms with Gasteiger partial charge in [0.2, 0.25) is 0 Å². The van der Waals surface area contributed by atoms with E-state index in [2.05, 4.69) is 39.5 Å². The average Bonchev–Trinajstić information content (AvgIpc) is 3.17. The fourth-order valence-corrected chi connectivity index (χ4v) is 7.01. The number of unbranched alkanes of at least 4 members (excludes halogenated alkanes) is 26. The summed E-state index contributed by atoms with van der Waals surface area (Å²) in [5.41, 5.74) is 0. The zero-order chi connectivity index (χ0) is 40.0. The number of ether oxygens (including phenoxy) is 2. The summed E-state index contributed by atoms with van der Waals surface area (Å²) < 4.78 is 11.1. The van der Waals surface area contributed by atoms with Crippen LogP contribution in [-0.4, -0.2) is 60.9 Å². The van der Waals surface area contributed by atoms with Crippen LogP contribution in [-0.2, 0) is 19.1 Å². The fraction of sp³-hybridized carbons (Fsp3) is 0.958. The first-order valence-electron chi connectivity index (χ1n) is 24.2. The quantitative estimate of drug-likeness (QED) is 0.0492. The normalized spacial score (nSPS) is 11.8. The van der Waals surface area contributed by atoms with Crippen molar-refractivity contribution in [2.45, 2.75) is 265 Å². The molecule has 0 aromatic heterocycles. The fourth-order valence-electron chi connectivity index (χ4n) is 7.01. The maximum Gasteiger partial charge on any atom is 0.306 e. The van der Waals surface area contributed by atoms with Crippen molar-refractivity contribution in [1.82, 2.24) is 4.90 Å². The number of aliphatic hydroxyl groups excluding tert-OH is 1. The topological polar surface area (TPSA) is 76.1 Å². The average molecular weight is 768 g/mol. The van der Waals surface area contributed by atoms with E-state index in [1.807, 2.05) is 0 Å². The Morgan fingerprint density at radius 1 is 0.444 bits per heavy atom. The van der Waals surface area contributed by atoms with Crippen LogP contribution < -0.4 is 0 Å². The minimum atomic E-state index is -0.0234. The van der Waals surface area contributed by atoms with E-state index in [-0.39, 0.29) is 24.6 Å². The van der Waals surface area contributed by atoms with Gasteiger partial charge in [0.15, 0.2) is 0 Å². The maximum atomic E-state index is 12.3. The van der Waals surface area contributed by atoms with Crippen LogP contribution in [0.4, 0.5) is 0 Å². The molecule has 1 atom stereocenters. The first kappa shape index (κ1) is 55.0. The van der Waals surface area contributed by atoms with E-state index in [9.17, 15) is 14.7 Å². The summed E-state index contributed by atoms with van der Waals surface area (Å²) in [5.74, 6) is -0.0312. The van der Waals surface area contributed by atoms with Crippen molar-refractivity contribution in [2.24, 2.45) is 0 Å². The minimum Gasteiger partial charge on any atom is -0.466 e. The summed E-state index contributed by atoms with van der Waals surface area (Å²) in [6, 6.07) is 0. The van der Waals surface area contributed by atoms with E-state index in [0.717, 1.165) is 64.6 Å². The number of hydrogen-bond acceptors (Lipinski definition) is 6. The van der Waals surface area contributed by atoms with Gasteiger partial charge in [-0.15, -0.1) is 0 Å². The van der Waals surface area contributed by atoms with Crippen LogP contribution in [0.25, 0.3) is 0 Å². The van der Waals surface area contributed by atoms with E-state index in [1.165, 1.54) is 167 Å². The van der Waals surface area contributed by atoms with Crippen molar-refractivity contribution in [3.05, 3.63) is 0 Å². The molecule has 0 spiro atoms. The third-order valence-electron chi connectivity index (χ3n) is 10.7. The Bertz CT molecular complexity index is 726. The van der Waals surface area contributed by atoms with Gasteiger partial charge in [-0.2, -0.15) is 0 Å². The molecule has 0 aliphatic carbocycles. The molecule has 0 fully saturated rings. The highest BCUT2D eigenvalue weighted by Crippen LogP contribution is 2.15. The van der Waals surface area contributed by atoms with Crippen LogP contribution in [0.2, 0.25) is 0 Å². The van der Waals surface area contributed by atoms with Gasteiger partial charge in [0, 0.05) is 19.4 Å². The molecule has 0 aliphatic rings. The van der Waals surface area contributed by atoms with Crippen LogP contribution in [0.5, 0.6) is 0 Å². The Hall–Kier alpha value is -1.14. The van der Waals surface area contributed by atoms with Gasteiger partial charge < -0.3 is 19.5 Å². The number of hydrogen-bond donors (Lipinski definition) is 1. The first-order valence-corrected chi connectivity index (χ1v) is 24.2. The summed E-state index contributed by atoms with van der Waals surface area (Å²) in [6.45, 7) is 14.8. The monoisotopic (exact) mass is 768 g/mol. The van der Waals surface area contributed by atoms with Crippen LogP contribution in [0, 0.1) is 0 Å². The lowest BCUT2D eigenvalue weighted by atomic mass is 10.1. The summed E-state index contributed by atoms with van der Waals surface area (Å²) in [6.07, 6.45) is 41.7. The Kier molecular flexibility index (Phi) is 48.9. The van der Waals surface area contributed by atoms with Crippen molar-refractivity contribution >= 4 is 11.9 Å². The lowest BCUT2D eigenvalue weighted by Crippen LogP contribution is -2.29. The van der Waals surface area contributed by atoms with E-state index in [1.54, 1.807) is 0 Å². The molecule has 0 rings (SSSR count). The molecule has 1 unspecified atom stereocenters. The lowest BCUT2D eigenvalue weighted by Gasteiger charge is -2.21. The Labute approximate surface area is 338 Å². The molecule has 1 N–H and O–H groups in total. The molecule has 0 heterocycles. The number of carbonyl (C=O) groups excluding carboxylic acids is 2. The highest BCUT2D eigenvalue weighted by molar-refractivity contribution is 5.69. The van der Waals surface area contributed by atoms with Gasteiger partial charge >= 0.3 is 11.9 Å². The Balaban J connectivity index is 0. The molecule has 324 valence electrons. The van der Waals surface area contributed by atoms with Crippen LogP contribution in [0.15, 0.2) is 0 Å². The molecule has 0 amide bonds. The van der Waals surface area contributed by atoms with Crippen LogP contribution >= 0.6 is 0 Å². The second-order valence-corrected chi connectivity index (χ2v) is 16.1. The summed E-state index contributed by atoms with van der Waals surface area (Å²) >= 11 is 0. The number of nitrogens with zero attached hydrogens (tertiary/aromatic N) is 1. The van der Waals surface area contributed by atoms with Crippen molar-refractivity contribution in [1.29, 1.82) is 0 Å². The minimum absolute atomic E-state index is 0.00785. The molecule has 0 saturated carbocycles. The molecular formula is C48H97NO5. The van der Waals surface area contributed by atoms with Crippen molar-refractivity contribution < 1.29 is 24.2 Å². The smallest absolute Gasteiger partial charge is 0.306 e. The largest absolute Gasteiger partial charge is 0.466 e. The molecule has 0 aromatic carbocycles. The zero-order valence-corrected chi connectivity index (χ0v) is 37.4. The highest BCUT2D eigenvalue weighted by Gasteiger charge is 2.12. The van der Waals surface area contributed by atoms with E-state index in [4.69, 9.17) is 9.47 Å². The van der Waals surface area contributed by atoms with Crippen molar-refractivity contribution in [3.63, 3.8) is 0 Å². The summed E-state index contributed by atoms with van der Waals surface area (Å²) in [7, 11) is 0. The van der Waals surface area contributed by atoms with Gasteiger partial charge in [0.25, 0.3) is 0 Å². The summed E-state index contributed by atoms with van der Waals surface area (Å²) in [4.78, 5) is 26.6. The molecule has 6 heteroatoms. The van der Waals surface area contributed by atoms with Crippen molar-refractivity contribution in [2.75, 3.05) is 32.8 Å². The molecule has 0 aliphatic heterocycles. The van der Waals surface area contributed by atoms with E-state index >= 15 is 0 Å². The molecule has 0 radical (unpaired) electrons. The third-order valence-corrected chi connectivity index (χ3v) is 10.7. The van der Waals surface area contributed by atoms with E-state index < -0.39 is 0 Å². The Morgan fingerprint density at radius 2 is 0.815 bits per heavy atom. The first-order chi connectivity index (χ1) is 26.5. The predicted molar refractivity (Wildman–Crippen MR) is 234 cm³/mol. The van der Waals surface area contributed by atoms with Gasteiger partial charge in [-0.3, -0.25) is 9.59 Å². The second-order valence-electron chi connectivity index (χ2n) is 16.1. The number of carbonyl (C=O) groups is 2. The number of aliphatic hydroxyl groups is 1. The molecule has 6 nitrogen and oxygen atoms in total. The lowest BCUT2D eigenvalue weighted by molar-refractivity contribution is -0.149. The SMILES string of the molecule is CCCCCCCC.CCCCCCCCCOC(=O)CCCCCCCCN(CCO)CCCCCCCCC(=O)OC(CC)CCCCCCCC. The predicted octanol–water partition coefficient (Wildman–Crippen LogP) is 14.5. The number of esters is 2. The molecule has 0 saturated heterocycles. The van der Waals surface area contributed by atoms with Crippen LogP contribution in [0.1, 0.15) is 259 Å². The van der Waals surface area contributed by atoms with E-state index in [0.29, 0.717) is 19.4 Å². The van der Waals surface area contributed by atoms with Gasteiger partial charge in [-0.25, -0.2) is 0 Å². The molecular weight excluding hydrogens is 671 g/mol. The number of rotatable bonds is 42. The van der Waals surface area contributed by atoms with Gasteiger partial charge in [-0.05, 0) is 64.5 Å². The maximum absolute atomic E-state index is 12.3. The van der Waals surface area contributed by atoms with Crippen LogP contribution in [0.3, 0.4) is 0 Å². The molecule has 0 bridgehead atoms. The second kappa shape index (κ2) is 48.0. The molecule has 0 aromatic rings. The highest BCUT2D eigenvalue weighted by atomic mass is 16.5. The zero-order valence-electron chi connectivity index (χ0n) is 37.4. The standard InChI is InChI=1S/C40H79NO5.C8H18/c1-4-7-9-11-17-23-29-37-45-39(43)31-25-19-13-15-21-27-33-41(35-36-42)34-28-22-16-14-20-26-32-40(44)46-38(6-3)30-24-18-12-10-8-5-2;1-3-5-7-8-6-4-2/h38,42H,4-37H2,1-3H3;3-8H2,1-2H3. The van der Waals surface area contributed by atoms with Gasteiger partial charge in [0.1, 0.15) is 6.10 Å². The van der Waals surface area contributed by atoms with Gasteiger partial charge in [0.05, 0.1) is 13.2 Å². The molecule has 54 heavy (non-hydrogen) atoms. The summed E-state index contributed by atoms with van der Waals surface area (Å²) in [5, 5.41) is 9.48. The van der Waals surface area contributed by atoms with Gasteiger partial charge in [-0.1, -0.05) is 195 Å². The van der Waals surface area contributed by atoms with Crippen molar-refractivity contribution in [3.8, 4) is 0 Å². The Morgan fingerprint density at radius 3 is 1.24 bits per heavy atom. The third kappa shape index (κ3) is 45.3.